The Bertz CT molecular complexity index is 512. The summed E-state index contributed by atoms with van der Waals surface area (Å²) in [6.07, 6.45) is 0.297. The average molecular weight is 273 g/mol. The zero-order chi connectivity index (χ0) is 14.4. The number of benzene rings is 2. The van der Waals surface area contributed by atoms with Gasteiger partial charge in [-0.3, -0.25) is 0 Å². The van der Waals surface area contributed by atoms with Crippen molar-refractivity contribution in [1.82, 2.24) is 5.32 Å². The van der Waals surface area contributed by atoms with Gasteiger partial charge >= 0.3 is 0 Å². The molecule has 0 aromatic heterocycles. The van der Waals surface area contributed by atoms with Crippen molar-refractivity contribution in [2.45, 2.75) is 25.5 Å². The van der Waals surface area contributed by atoms with Gasteiger partial charge in [-0.15, -0.1) is 0 Å². The summed E-state index contributed by atoms with van der Waals surface area (Å²) in [6, 6.07) is 16.5. The molecule has 0 fully saturated rings. The predicted molar refractivity (Wildman–Crippen MR) is 79.0 cm³/mol. The fourth-order valence-corrected chi connectivity index (χ4v) is 2.16. The van der Waals surface area contributed by atoms with E-state index >= 15 is 0 Å². The molecule has 20 heavy (non-hydrogen) atoms. The van der Waals surface area contributed by atoms with Crippen molar-refractivity contribution in [2.24, 2.45) is 0 Å². The van der Waals surface area contributed by atoms with E-state index in [9.17, 15) is 9.50 Å². The van der Waals surface area contributed by atoms with E-state index in [1.807, 2.05) is 18.2 Å². The van der Waals surface area contributed by atoms with E-state index < -0.39 is 6.10 Å². The second kappa shape index (κ2) is 7.17. The number of hydrogen-bond acceptors (Lipinski definition) is 2. The van der Waals surface area contributed by atoms with Crippen LogP contribution < -0.4 is 5.32 Å². The van der Waals surface area contributed by atoms with E-state index in [0.717, 1.165) is 12.0 Å². The highest BCUT2D eigenvalue weighted by molar-refractivity contribution is 5.19. The van der Waals surface area contributed by atoms with Crippen molar-refractivity contribution in [3.8, 4) is 0 Å². The smallest absolute Gasteiger partial charge is 0.123 e. The first kappa shape index (κ1) is 14.7. The van der Waals surface area contributed by atoms with Crippen LogP contribution in [0, 0.1) is 5.82 Å². The fourth-order valence-electron chi connectivity index (χ4n) is 2.16. The summed E-state index contributed by atoms with van der Waals surface area (Å²) in [5.41, 5.74) is 1.99. The fraction of sp³-hybridized carbons (Fsp3) is 0.294. The molecule has 2 N–H and O–H groups in total. The highest BCUT2D eigenvalue weighted by atomic mass is 19.1. The number of hydrogen-bond donors (Lipinski definition) is 2. The van der Waals surface area contributed by atoms with Crippen LogP contribution in [0.1, 0.15) is 24.2 Å². The van der Waals surface area contributed by atoms with E-state index in [2.05, 4.69) is 24.4 Å². The molecule has 0 aliphatic rings. The lowest BCUT2D eigenvalue weighted by molar-refractivity contribution is 0.170. The Morgan fingerprint density at radius 3 is 2.35 bits per heavy atom. The van der Waals surface area contributed by atoms with Crippen molar-refractivity contribution < 1.29 is 9.50 Å². The quantitative estimate of drug-likeness (QED) is 0.847. The predicted octanol–water partition coefficient (Wildman–Crippen LogP) is 3.08. The van der Waals surface area contributed by atoms with Crippen LogP contribution in [-0.2, 0) is 6.42 Å². The molecule has 2 aromatic rings. The van der Waals surface area contributed by atoms with Crippen molar-refractivity contribution >= 4 is 0 Å². The van der Waals surface area contributed by atoms with Gasteiger partial charge in [0, 0.05) is 12.6 Å². The number of aliphatic hydroxyl groups excluding tert-OH is 1. The van der Waals surface area contributed by atoms with Crippen LogP contribution in [0.3, 0.4) is 0 Å². The standard InChI is InChI=1S/C17H20FNO/c1-13(11-14-5-3-2-4-6-14)19-12-17(20)15-7-9-16(18)10-8-15/h2-10,13,17,19-20H,11-12H2,1H3. The Kier molecular flexibility index (Phi) is 5.27. The Balaban J connectivity index is 1.81. The third-order valence-electron chi connectivity index (χ3n) is 3.30. The average Bonchev–Trinajstić information content (AvgIpc) is 2.46. The summed E-state index contributed by atoms with van der Waals surface area (Å²) < 4.78 is 12.8. The first-order valence-corrected chi connectivity index (χ1v) is 6.86. The number of nitrogens with one attached hydrogen (secondary N) is 1. The number of aliphatic hydroxyl groups is 1. The summed E-state index contributed by atoms with van der Waals surface area (Å²) in [6.45, 7) is 2.55. The lowest BCUT2D eigenvalue weighted by atomic mass is 10.1. The second-order valence-corrected chi connectivity index (χ2v) is 5.07. The molecule has 2 nitrogen and oxygen atoms in total. The third-order valence-corrected chi connectivity index (χ3v) is 3.30. The van der Waals surface area contributed by atoms with Crippen LogP contribution in [0.25, 0.3) is 0 Å². The zero-order valence-electron chi connectivity index (χ0n) is 11.6. The van der Waals surface area contributed by atoms with Crippen LogP contribution in [0.5, 0.6) is 0 Å². The van der Waals surface area contributed by atoms with E-state index in [1.165, 1.54) is 17.7 Å². The maximum atomic E-state index is 12.8. The van der Waals surface area contributed by atoms with Crippen LogP contribution in [0.2, 0.25) is 0 Å². The molecule has 0 aliphatic carbocycles. The molecular weight excluding hydrogens is 253 g/mol. The zero-order valence-corrected chi connectivity index (χ0v) is 11.6. The van der Waals surface area contributed by atoms with Crippen molar-refractivity contribution in [1.29, 1.82) is 0 Å². The highest BCUT2D eigenvalue weighted by Gasteiger charge is 2.09. The molecule has 0 radical (unpaired) electrons. The summed E-state index contributed by atoms with van der Waals surface area (Å²) >= 11 is 0. The molecule has 106 valence electrons. The van der Waals surface area contributed by atoms with Gasteiger partial charge in [0.25, 0.3) is 0 Å². The first-order chi connectivity index (χ1) is 9.65. The molecule has 2 rings (SSSR count). The molecule has 0 saturated carbocycles. The molecule has 0 aliphatic heterocycles. The van der Waals surface area contributed by atoms with Crippen molar-refractivity contribution in [3.63, 3.8) is 0 Å². The summed E-state index contributed by atoms with van der Waals surface area (Å²) in [5, 5.41) is 13.3. The lowest BCUT2D eigenvalue weighted by Gasteiger charge is -2.17. The van der Waals surface area contributed by atoms with Gasteiger partial charge in [0.2, 0.25) is 0 Å². The van der Waals surface area contributed by atoms with Crippen LogP contribution in [-0.4, -0.2) is 17.7 Å². The van der Waals surface area contributed by atoms with Gasteiger partial charge in [0.05, 0.1) is 6.10 Å². The lowest BCUT2D eigenvalue weighted by Crippen LogP contribution is -2.32. The Labute approximate surface area is 119 Å². The first-order valence-electron chi connectivity index (χ1n) is 6.86. The molecule has 0 amide bonds. The summed E-state index contributed by atoms with van der Waals surface area (Å²) in [4.78, 5) is 0. The molecule has 0 spiro atoms. The molecule has 0 bridgehead atoms. The van der Waals surface area contributed by atoms with E-state index in [-0.39, 0.29) is 11.9 Å². The van der Waals surface area contributed by atoms with E-state index in [4.69, 9.17) is 0 Å². The van der Waals surface area contributed by atoms with Crippen molar-refractivity contribution in [3.05, 3.63) is 71.5 Å². The van der Waals surface area contributed by atoms with E-state index in [0.29, 0.717) is 6.54 Å². The highest BCUT2D eigenvalue weighted by Crippen LogP contribution is 2.13. The van der Waals surface area contributed by atoms with E-state index in [1.54, 1.807) is 12.1 Å². The Hall–Kier alpha value is -1.71. The van der Waals surface area contributed by atoms with Gasteiger partial charge in [-0.05, 0) is 36.6 Å². The summed E-state index contributed by atoms with van der Waals surface area (Å²) in [5.74, 6) is -0.286. The van der Waals surface area contributed by atoms with Gasteiger partial charge in [0.1, 0.15) is 5.82 Å². The monoisotopic (exact) mass is 273 g/mol. The largest absolute Gasteiger partial charge is 0.387 e. The SMILES string of the molecule is CC(Cc1ccccc1)NCC(O)c1ccc(F)cc1. The molecule has 0 heterocycles. The molecule has 2 atom stereocenters. The third kappa shape index (κ3) is 4.44. The molecular formula is C17H20FNO. The minimum absolute atomic E-state index is 0.271. The Morgan fingerprint density at radius 2 is 1.70 bits per heavy atom. The van der Waals surface area contributed by atoms with Gasteiger partial charge in [-0.2, -0.15) is 0 Å². The topological polar surface area (TPSA) is 32.3 Å². The molecule has 0 saturated heterocycles. The van der Waals surface area contributed by atoms with Crippen LogP contribution in [0.4, 0.5) is 4.39 Å². The molecule has 2 unspecified atom stereocenters. The number of rotatable bonds is 6. The number of halogens is 1. The molecule has 2 aromatic carbocycles. The van der Waals surface area contributed by atoms with Crippen LogP contribution in [0.15, 0.2) is 54.6 Å². The van der Waals surface area contributed by atoms with Gasteiger partial charge < -0.3 is 10.4 Å². The van der Waals surface area contributed by atoms with Crippen LogP contribution >= 0.6 is 0 Å². The maximum absolute atomic E-state index is 12.8. The summed E-state index contributed by atoms with van der Waals surface area (Å²) in [7, 11) is 0. The van der Waals surface area contributed by atoms with Gasteiger partial charge in [0.15, 0.2) is 0 Å². The minimum atomic E-state index is -0.617. The second-order valence-electron chi connectivity index (χ2n) is 5.07. The van der Waals surface area contributed by atoms with Crippen molar-refractivity contribution in [2.75, 3.05) is 6.54 Å². The normalized spacial score (nSPS) is 13.9. The Morgan fingerprint density at radius 1 is 1.05 bits per heavy atom. The minimum Gasteiger partial charge on any atom is -0.387 e. The van der Waals surface area contributed by atoms with Gasteiger partial charge in [-0.25, -0.2) is 4.39 Å². The maximum Gasteiger partial charge on any atom is 0.123 e. The van der Waals surface area contributed by atoms with Gasteiger partial charge in [-0.1, -0.05) is 42.5 Å². The molecule has 3 heteroatoms.